The van der Waals surface area contributed by atoms with Crippen molar-refractivity contribution in [3.8, 4) is 0 Å². The van der Waals surface area contributed by atoms with Gasteiger partial charge in [0, 0.05) is 30.9 Å². The molecule has 5 rings (SSSR count). The maximum atomic E-state index is 13.1. The summed E-state index contributed by atoms with van der Waals surface area (Å²) >= 11 is 0. The molecular weight excluding hydrogens is 516 g/mol. The highest BCUT2D eigenvalue weighted by atomic mass is 32.2. The minimum atomic E-state index is -3.80. The standard InChI is InChI=1S/C29H30N4O5S/c1-29(2,3)20-7-6-8-22(18-20)39(37,38)31-21-11-12-24-19(17-21)13-15-32(24)26(34)14-16-33-25-10-5-4-9-23(25)27(35)30-28(33)36/h4-12,17-18,31H,13-16H2,1-3H3,(H,30,35,36). The van der Waals surface area contributed by atoms with Gasteiger partial charge in [-0.05, 0) is 65.4 Å². The third-order valence-electron chi connectivity index (χ3n) is 6.99. The van der Waals surface area contributed by atoms with E-state index in [9.17, 15) is 22.8 Å². The zero-order valence-corrected chi connectivity index (χ0v) is 22.8. The van der Waals surface area contributed by atoms with E-state index in [0.29, 0.717) is 29.6 Å². The quantitative estimate of drug-likeness (QED) is 0.381. The average Bonchev–Trinajstić information content (AvgIpc) is 3.31. The first kappa shape index (κ1) is 26.4. The predicted molar refractivity (Wildman–Crippen MR) is 152 cm³/mol. The number of hydrogen-bond donors (Lipinski definition) is 2. The Hall–Kier alpha value is -4.18. The minimum Gasteiger partial charge on any atom is -0.312 e. The topological polar surface area (TPSA) is 121 Å². The fourth-order valence-electron chi connectivity index (χ4n) is 4.87. The number of aromatic nitrogens is 2. The van der Waals surface area contributed by atoms with Gasteiger partial charge < -0.3 is 4.90 Å². The Morgan fingerprint density at radius 3 is 2.54 bits per heavy atom. The molecule has 0 spiro atoms. The third-order valence-corrected chi connectivity index (χ3v) is 8.37. The molecule has 9 nitrogen and oxygen atoms in total. The number of anilines is 2. The van der Waals surface area contributed by atoms with Crippen LogP contribution in [0.4, 0.5) is 11.4 Å². The van der Waals surface area contributed by atoms with Crippen LogP contribution >= 0.6 is 0 Å². The second-order valence-corrected chi connectivity index (χ2v) is 12.4. The lowest BCUT2D eigenvalue weighted by Gasteiger charge is -2.20. The molecule has 1 aliphatic heterocycles. The number of nitrogens with zero attached hydrogens (tertiary/aromatic N) is 2. The largest absolute Gasteiger partial charge is 0.328 e. The maximum Gasteiger partial charge on any atom is 0.328 e. The van der Waals surface area contributed by atoms with Crippen molar-refractivity contribution in [3.63, 3.8) is 0 Å². The summed E-state index contributed by atoms with van der Waals surface area (Å²) in [4.78, 5) is 41.8. The molecule has 4 aromatic rings. The minimum absolute atomic E-state index is 0.0634. The average molecular weight is 547 g/mol. The lowest BCUT2D eigenvalue weighted by molar-refractivity contribution is -0.118. The Labute approximate surface area is 226 Å². The van der Waals surface area contributed by atoms with Crippen LogP contribution in [0, 0.1) is 0 Å². The molecule has 202 valence electrons. The monoisotopic (exact) mass is 546 g/mol. The van der Waals surface area contributed by atoms with E-state index < -0.39 is 21.3 Å². The summed E-state index contributed by atoms with van der Waals surface area (Å²) in [6.07, 6.45) is 0.644. The summed E-state index contributed by atoms with van der Waals surface area (Å²) in [6.45, 7) is 6.66. The van der Waals surface area contributed by atoms with Crippen LogP contribution in [-0.4, -0.2) is 30.4 Å². The fourth-order valence-corrected chi connectivity index (χ4v) is 5.97. The lowest BCUT2D eigenvalue weighted by atomic mass is 9.87. The first-order valence-electron chi connectivity index (χ1n) is 12.7. The Morgan fingerprint density at radius 1 is 1.00 bits per heavy atom. The highest BCUT2D eigenvalue weighted by molar-refractivity contribution is 7.92. The zero-order chi connectivity index (χ0) is 27.9. The smallest absolute Gasteiger partial charge is 0.312 e. The van der Waals surface area contributed by atoms with Gasteiger partial charge >= 0.3 is 5.69 Å². The number of rotatable bonds is 6. The summed E-state index contributed by atoms with van der Waals surface area (Å²) < 4.78 is 30.2. The van der Waals surface area contributed by atoms with Crippen LogP contribution in [0.5, 0.6) is 0 Å². The van der Waals surface area contributed by atoms with E-state index in [4.69, 9.17) is 0 Å². The van der Waals surface area contributed by atoms with E-state index in [1.165, 1.54) is 4.57 Å². The Balaban J connectivity index is 1.32. The van der Waals surface area contributed by atoms with Crippen LogP contribution in [0.25, 0.3) is 10.9 Å². The van der Waals surface area contributed by atoms with Crippen molar-refractivity contribution >= 4 is 38.2 Å². The summed E-state index contributed by atoms with van der Waals surface area (Å²) in [5.41, 5.74) is 2.20. The van der Waals surface area contributed by atoms with E-state index in [2.05, 4.69) is 9.71 Å². The van der Waals surface area contributed by atoms with Crippen molar-refractivity contribution in [1.82, 2.24) is 9.55 Å². The third kappa shape index (κ3) is 5.24. The molecule has 1 amide bonds. The van der Waals surface area contributed by atoms with E-state index in [-0.39, 0.29) is 29.2 Å². The van der Waals surface area contributed by atoms with Gasteiger partial charge in [-0.3, -0.25) is 23.9 Å². The fraction of sp³-hybridized carbons (Fsp3) is 0.276. The molecule has 39 heavy (non-hydrogen) atoms. The van der Waals surface area contributed by atoms with Gasteiger partial charge in [-0.1, -0.05) is 45.0 Å². The highest BCUT2D eigenvalue weighted by Gasteiger charge is 2.26. The summed E-state index contributed by atoms with van der Waals surface area (Å²) in [6, 6.07) is 18.8. The Morgan fingerprint density at radius 2 is 1.77 bits per heavy atom. The van der Waals surface area contributed by atoms with Crippen molar-refractivity contribution < 1.29 is 13.2 Å². The van der Waals surface area contributed by atoms with E-state index in [0.717, 1.165) is 16.8 Å². The van der Waals surface area contributed by atoms with E-state index >= 15 is 0 Å². The lowest BCUT2D eigenvalue weighted by Crippen LogP contribution is -2.34. The van der Waals surface area contributed by atoms with Gasteiger partial charge in [-0.2, -0.15) is 0 Å². The van der Waals surface area contributed by atoms with Gasteiger partial charge in [0.15, 0.2) is 0 Å². The first-order valence-corrected chi connectivity index (χ1v) is 14.2. The Kier molecular flexibility index (Phi) is 6.67. The van der Waals surface area contributed by atoms with E-state index in [1.807, 2.05) is 26.8 Å². The number of aryl methyl sites for hydroxylation is 1. The number of H-pyrrole nitrogens is 1. The number of hydrogen-bond acceptors (Lipinski definition) is 5. The molecule has 1 aliphatic rings. The van der Waals surface area contributed by atoms with Gasteiger partial charge in [0.2, 0.25) is 5.91 Å². The molecule has 1 aromatic heterocycles. The predicted octanol–water partition coefficient (Wildman–Crippen LogP) is 3.77. The van der Waals surface area contributed by atoms with Crippen LogP contribution in [0.15, 0.2) is 81.2 Å². The second-order valence-electron chi connectivity index (χ2n) is 10.7. The number of benzene rings is 3. The van der Waals surface area contributed by atoms with Gasteiger partial charge in [-0.15, -0.1) is 0 Å². The van der Waals surface area contributed by atoms with E-state index in [1.54, 1.807) is 65.6 Å². The van der Waals surface area contributed by atoms with Crippen molar-refractivity contribution in [3.05, 3.63) is 98.7 Å². The molecule has 2 N–H and O–H groups in total. The molecule has 0 aliphatic carbocycles. The summed E-state index contributed by atoms with van der Waals surface area (Å²) in [5.74, 6) is -0.164. The molecular formula is C29H30N4O5S. The van der Waals surface area contributed by atoms with Crippen LogP contribution in [-0.2, 0) is 33.2 Å². The molecule has 0 unspecified atom stereocenters. The molecule has 2 heterocycles. The second kappa shape index (κ2) is 9.85. The normalized spacial score (nSPS) is 13.5. The van der Waals surface area contributed by atoms with Crippen molar-refractivity contribution in [2.75, 3.05) is 16.2 Å². The molecule has 0 atom stereocenters. The highest BCUT2D eigenvalue weighted by Crippen LogP contribution is 2.32. The van der Waals surface area contributed by atoms with Crippen molar-refractivity contribution in [2.24, 2.45) is 0 Å². The number of para-hydroxylation sites is 1. The van der Waals surface area contributed by atoms with Crippen LogP contribution in [0.3, 0.4) is 0 Å². The number of aromatic amines is 1. The van der Waals surface area contributed by atoms with Crippen molar-refractivity contribution in [2.45, 2.75) is 50.5 Å². The number of carbonyl (C=O) groups is 1. The van der Waals surface area contributed by atoms with Crippen molar-refractivity contribution in [1.29, 1.82) is 0 Å². The number of fused-ring (bicyclic) bond motifs is 2. The molecule has 0 saturated carbocycles. The first-order chi connectivity index (χ1) is 18.4. The SMILES string of the molecule is CC(C)(C)c1cccc(S(=O)(=O)Nc2ccc3c(c2)CCN3C(=O)CCn2c(=O)[nH]c(=O)c3ccccc32)c1. The molecule has 0 bridgehead atoms. The van der Waals surface area contributed by atoms with Crippen LogP contribution < -0.4 is 20.9 Å². The molecule has 0 saturated heterocycles. The number of amides is 1. The molecule has 3 aromatic carbocycles. The number of sulfonamides is 1. The van der Waals surface area contributed by atoms with Gasteiger partial charge in [0.05, 0.1) is 15.8 Å². The molecule has 0 fully saturated rings. The Bertz CT molecular complexity index is 1820. The number of nitrogens with one attached hydrogen (secondary N) is 2. The molecule has 0 radical (unpaired) electrons. The van der Waals surface area contributed by atoms with Gasteiger partial charge in [0.1, 0.15) is 0 Å². The van der Waals surface area contributed by atoms with Crippen LogP contribution in [0.2, 0.25) is 0 Å². The zero-order valence-electron chi connectivity index (χ0n) is 22.0. The number of carbonyl (C=O) groups excluding carboxylic acids is 1. The van der Waals surface area contributed by atoms with Gasteiger partial charge in [0.25, 0.3) is 15.6 Å². The van der Waals surface area contributed by atoms with Crippen LogP contribution in [0.1, 0.15) is 38.3 Å². The molecule has 10 heteroatoms. The summed E-state index contributed by atoms with van der Waals surface area (Å²) in [7, 11) is -3.80. The van der Waals surface area contributed by atoms with Gasteiger partial charge in [-0.25, -0.2) is 13.2 Å². The maximum absolute atomic E-state index is 13.1. The summed E-state index contributed by atoms with van der Waals surface area (Å²) in [5, 5.41) is 0.385.